The molecule has 6 nitrogen and oxygen atoms in total. The maximum absolute atomic E-state index is 13.2. The second-order valence-electron chi connectivity index (χ2n) is 6.36. The monoisotopic (exact) mass is 450 g/mol. The summed E-state index contributed by atoms with van der Waals surface area (Å²) in [6.45, 7) is 2.27. The van der Waals surface area contributed by atoms with E-state index in [-0.39, 0.29) is 10.1 Å². The Morgan fingerprint density at radius 1 is 1.07 bits per heavy atom. The van der Waals surface area contributed by atoms with Crippen LogP contribution >= 0.6 is 22.7 Å². The van der Waals surface area contributed by atoms with Crippen LogP contribution in [0.15, 0.2) is 63.5 Å². The van der Waals surface area contributed by atoms with E-state index in [2.05, 4.69) is 4.72 Å². The molecule has 2 heterocycles. The van der Waals surface area contributed by atoms with E-state index in [0.717, 1.165) is 21.8 Å². The van der Waals surface area contributed by atoms with E-state index in [9.17, 15) is 13.2 Å². The van der Waals surface area contributed by atoms with Crippen molar-refractivity contribution in [3.63, 3.8) is 0 Å². The Morgan fingerprint density at radius 3 is 2.45 bits per heavy atom. The van der Waals surface area contributed by atoms with E-state index in [1.54, 1.807) is 41.7 Å². The number of amides is 1. The van der Waals surface area contributed by atoms with E-state index >= 15 is 0 Å². The Morgan fingerprint density at radius 2 is 1.79 bits per heavy atom. The number of hydrogen-bond donors (Lipinski definition) is 1. The van der Waals surface area contributed by atoms with E-state index < -0.39 is 16.1 Å². The van der Waals surface area contributed by atoms with Gasteiger partial charge in [0.1, 0.15) is 9.96 Å². The number of nitrogens with one attached hydrogen (secondary N) is 1. The molecule has 3 rings (SSSR count). The molecule has 0 aliphatic heterocycles. The lowest BCUT2D eigenvalue weighted by Crippen LogP contribution is -2.46. The Balaban J connectivity index is 1.81. The third-order valence-electron chi connectivity index (χ3n) is 4.25. The van der Waals surface area contributed by atoms with Crippen LogP contribution < -0.4 is 9.46 Å². The number of ether oxygens (including phenoxy) is 1. The van der Waals surface area contributed by atoms with Crippen molar-refractivity contribution in [1.82, 2.24) is 9.62 Å². The first kappa shape index (κ1) is 21.5. The number of carbonyl (C=O) groups excluding carboxylic acids is 1. The van der Waals surface area contributed by atoms with Gasteiger partial charge in [-0.05, 0) is 35.9 Å². The first-order chi connectivity index (χ1) is 13.9. The average molecular weight is 451 g/mol. The summed E-state index contributed by atoms with van der Waals surface area (Å²) < 4.78 is 33.1. The summed E-state index contributed by atoms with van der Waals surface area (Å²) in [6, 6.07) is 13.6. The molecule has 0 aliphatic carbocycles. The average Bonchev–Trinajstić information content (AvgIpc) is 3.41. The third kappa shape index (κ3) is 5.45. The van der Waals surface area contributed by atoms with E-state index in [1.807, 2.05) is 41.8 Å². The SMILES string of the molecule is COc1ccccc1CN(Cc1cccs1)C(=O)C(C)NS(=O)(=O)c1cccs1. The van der Waals surface area contributed by atoms with Crippen LogP contribution in [-0.4, -0.2) is 32.4 Å². The Bertz CT molecular complexity index is 1030. The molecule has 0 saturated heterocycles. The number of sulfonamides is 1. The topological polar surface area (TPSA) is 75.7 Å². The highest BCUT2D eigenvalue weighted by Gasteiger charge is 2.27. The summed E-state index contributed by atoms with van der Waals surface area (Å²) in [7, 11) is -2.16. The standard InChI is InChI=1S/C20H22N2O4S3/c1-15(21-29(24,25)19-10-6-12-28-19)20(23)22(14-17-8-5-11-27-17)13-16-7-3-4-9-18(16)26-2/h3-12,15,21H,13-14H2,1-2H3. The van der Waals surface area contributed by atoms with Crippen LogP contribution in [0.3, 0.4) is 0 Å². The van der Waals surface area contributed by atoms with Gasteiger partial charge in [0.05, 0.1) is 19.7 Å². The molecule has 3 aromatic rings. The minimum absolute atomic E-state index is 0.187. The lowest BCUT2D eigenvalue weighted by Gasteiger charge is -2.26. The van der Waals surface area contributed by atoms with Gasteiger partial charge in [-0.1, -0.05) is 30.3 Å². The van der Waals surface area contributed by atoms with Crippen LogP contribution in [0.5, 0.6) is 5.75 Å². The zero-order chi connectivity index (χ0) is 20.9. The van der Waals surface area contributed by atoms with Crippen molar-refractivity contribution in [2.24, 2.45) is 0 Å². The van der Waals surface area contributed by atoms with E-state index in [1.165, 1.54) is 6.07 Å². The van der Waals surface area contributed by atoms with Gasteiger partial charge in [0.2, 0.25) is 5.91 Å². The zero-order valence-corrected chi connectivity index (χ0v) is 18.5. The van der Waals surface area contributed by atoms with Crippen molar-refractivity contribution < 1.29 is 17.9 Å². The lowest BCUT2D eigenvalue weighted by atomic mass is 10.1. The molecule has 0 aliphatic rings. The van der Waals surface area contributed by atoms with Crippen LogP contribution in [-0.2, 0) is 27.9 Å². The van der Waals surface area contributed by atoms with Gasteiger partial charge in [-0.3, -0.25) is 4.79 Å². The molecule has 1 unspecified atom stereocenters. The fourth-order valence-corrected chi connectivity index (χ4v) is 5.80. The minimum atomic E-state index is -3.74. The maximum atomic E-state index is 13.2. The number of thiophene rings is 2. The molecule has 1 atom stereocenters. The number of carbonyl (C=O) groups is 1. The molecule has 1 amide bonds. The van der Waals surface area contributed by atoms with Crippen molar-refractivity contribution >= 4 is 38.6 Å². The number of rotatable bonds is 9. The zero-order valence-electron chi connectivity index (χ0n) is 16.1. The van der Waals surface area contributed by atoms with E-state index in [4.69, 9.17) is 4.74 Å². The molecule has 154 valence electrons. The quantitative estimate of drug-likeness (QED) is 0.539. The fourth-order valence-electron chi connectivity index (χ4n) is 2.87. The van der Waals surface area contributed by atoms with Gasteiger partial charge in [0.15, 0.2) is 0 Å². The number of nitrogens with zero attached hydrogens (tertiary/aromatic N) is 1. The molecule has 9 heteroatoms. The van der Waals surface area contributed by atoms with Crippen LogP contribution in [0.25, 0.3) is 0 Å². The van der Waals surface area contributed by atoms with Crippen molar-refractivity contribution in [1.29, 1.82) is 0 Å². The lowest BCUT2D eigenvalue weighted by molar-refractivity contribution is -0.133. The highest BCUT2D eigenvalue weighted by atomic mass is 32.2. The van der Waals surface area contributed by atoms with Crippen LogP contribution in [0, 0.1) is 0 Å². The molecule has 29 heavy (non-hydrogen) atoms. The number of benzene rings is 1. The van der Waals surface area contributed by atoms with Crippen molar-refractivity contribution in [2.45, 2.75) is 30.3 Å². The molecule has 0 bridgehead atoms. The van der Waals surface area contributed by atoms with Gasteiger partial charge in [-0.25, -0.2) is 8.42 Å². The Hall–Kier alpha value is -2.20. The van der Waals surface area contributed by atoms with Crippen LogP contribution in [0.1, 0.15) is 17.4 Å². The number of hydrogen-bond acceptors (Lipinski definition) is 6. The summed E-state index contributed by atoms with van der Waals surface area (Å²) in [5.41, 5.74) is 0.855. The van der Waals surface area contributed by atoms with Gasteiger partial charge in [0.25, 0.3) is 10.0 Å². The van der Waals surface area contributed by atoms with Gasteiger partial charge in [0, 0.05) is 17.0 Å². The predicted molar refractivity (Wildman–Crippen MR) is 116 cm³/mol. The van der Waals surface area contributed by atoms with Crippen molar-refractivity contribution in [3.05, 3.63) is 69.7 Å². The molecule has 0 fully saturated rings. The predicted octanol–water partition coefficient (Wildman–Crippen LogP) is 3.71. The highest BCUT2D eigenvalue weighted by Crippen LogP contribution is 2.22. The van der Waals surface area contributed by atoms with Crippen molar-refractivity contribution in [3.8, 4) is 5.75 Å². The Labute approximate surface area is 178 Å². The molecule has 0 radical (unpaired) electrons. The molecule has 0 spiro atoms. The van der Waals surface area contributed by atoms with Gasteiger partial charge in [-0.2, -0.15) is 4.72 Å². The minimum Gasteiger partial charge on any atom is -0.496 e. The summed E-state index contributed by atoms with van der Waals surface area (Å²) in [6.07, 6.45) is 0. The summed E-state index contributed by atoms with van der Waals surface area (Å²) >= 11 is 2.66. The van der Waals surface area contributed by atoms with Gasteiger partial charge in [-0.15, -0.1) is 22.7 Å². The molecule has 1 aromatic carbocycles. The molecular formula is C20H22N2O4S3. The van der Waals surface area contributed by atoms with Gasteiger partial charge < -0.3 is 9.64 Å². The summed E-state index contributed by atoms with van der Waals surface area (Å²) in [5.74, 6) is 0.382. The highest BCUT2D eigenvalue weighted by molar-refractivity contribution is 7.91. The Kier molecular flexibility index (Phi) is 7.07. The third-order valence-corrected chi connectivity index (χ3v) is 8.05. The maximum Gasteiger partial charge on any atom is 0.250 e. The van der Waals surface area contributed by atoms with Crippen LogP contribution in [0.4, 0.5) is 0 Å². The molecular weight excluding hydrogens is 428 g/mol. The first-order valence-electron chi connectivity index (χ1n) is 8.89. The first-order valence-corrected chi connectivity index (χ1v) is 12.1. The molecule has 2 aromatic heterocycles. The van der Waals surface area contributed by atoms with Gasteiger partial charge >= 0.3 is 0 Å². The molecule has 1 N–H and O–H groups in total. The summed E-state index contributed by atoms with van der Waals surface area (Å²) in [5, 5.41) is 3.63. The second-order valence-corrected chi connectivity index (χ2v) is 10.3. The van der Waals surface area contributed by atoms with Crippen molar-refractivity contribution in [2.75, 3.05) is 7.11 Å². The smallest absolute Gasteiger partial charge is 0.250 e. The normalized spacial score (nSPS) is 12.5. The molecule has 0 saturated carbocycles. The largest absolute Gasteiger partial charge is 0.496 e. The summed E-state index contributed by atoms with van der Waals surface area (Å²) in [4.78, 5) is 15.8. The van der Waals surface area contributed by atoms with E-state index in [0.29, 0.717) is 18.8 Å². The number of methoxy groups -OCH3 is 1. The fraction of sp³-hybridized carbons (Fsp3) is 0.250. The second kappa shape index (κ2) is 9.53. The number of para-hydroxylation sites is 1. The van der Waals surface area contributed by atoms with Crippen LogP contribution in [0.2, 0.25) is 0 Å².